The molecule has 4 heterocycles. The van der Waals surface area contributed by atoms with Crippen molar-refractivity contribution in [3.8, 4) is 11.3 Å². The Balaban J connectivity index is 1.21. The first-order valence-corrected chi connectivity index (χ1v) is 10.9. The second-order valence-electron chi connectivity index (χ2n) is 8.88. The molecule has 2 atom stereocenters. The summed E-state index contributed by atoms with van der Waals surface area (Å²) in [5.74, 6) is 0.679. The maximum Gasteiger partial charge on any atom is 0.155 e. The van der Waals surface area contributed by atoms with Crippen LogP contribution in [0, 0.1) is 5.92 Å². The third-order valence-electron chi connectivity index (χ3n) is 6.37. The molecule has 2 aromatic heterocycles. The lowest BCUT2D eigenvalue weighted by atomic mass is 9.90. The van der Waals surface area contributed by atoms with Gasteiger partial charge in [-0.15, -0.1) is 5.10 Å². The lowest BCUT2D eigenvalue weighted by Crippen LogP contribution is -2.53. The summed E-state index contributed by atoms with van der Waals surface area (Å²) >= 11 is 0. The smallest absolute Gasteiger partial charge is 0.155 e. The standard InChI is InChI=1S/C23H27FN6O/c1-29-14-22(27-28-29)16-3-4-17-10-25-20(7-18(17)6-16)8-23(31)21-5-2-15(9-26-21)11-30-12-19(24)13-30/h3-4,6-7,10,14-15,19,21,26H,2,5,8-9,11-13H2,1H3/t15-,21+/m1/s1. The molecule has 0 spiro atoms. The van der Waals surface area contributed by atoms with Crippen molar-refractivity contribution < 1.29 is 9.18 Å². The van der Waals surface area contributed by atoms with Gasteiger partial charge in [-0.25, -0.2) is 4.39 Å². The van der Waals surface area contributed by atoms with Crippen LogP contribution < -0.4 is 5.32 Å². The van der Waals surface area contributed by atoms with Gasteiger partial charge in [-0.2, -0.15) is 0 Å². The number of nitrogens with zero attached hydrogens (tertiary/aromatic N) is 5. The number of aromatic nitrogens is 4. The van der Waals surface area contributed by atoms with E-state index in [0.29, 0.717) is 25.4 Å². The molecule has 31 heavy (non-hydrogen) atoms. The van der Waals surface area contributed by atoms with Gasteiger partial charge in [0.25, 0.3) is 0 Å². The van der Waals surface area contributed by atoms with E-state index in [2.05, 4.69) is 31.6 Å². The van der Waals surface area contributed by atoms with Crippen LogP contribution in [0.4, 0.5) is 4.39 Å². The molecular formula is C23H27FN6O. The van der Waals surface area contributed by atoms with E-state index in [0.717, 1.165) is 53.7 Å². The Labute approximate surface area is 180 Å². The van der Waals surface area contributed by atoms with Crippen molar-refractivity contribution in [2.75, 3.05) is 26.2 Å². The fraction of sp³-hybridized carbons (Fsp3) is 0.478. The third-order valence-corrected chi connectivity index (χ3v) is 6.37. The molecule has 2 saturated heterocycles. The summed E-state index contributed by atoms with van der Waals surface area (Å²) < 4.78 is 14.7. The van der Waals surface area contributed by atoms with E-state index in [-0.39, 0.29) is 11.8 Å². The van der Waals surface area contributed by atoms with Crippen LogP contribution >= 0.6 is 0 Å². The first-order valence-electron chi connectivity index (χ1n) is 10.9. The Morgan fingerprint density at radius 1 is 1.23 bits per heavy atom. The van der Waals surface area contributed by atoms with E-state index in [4.69, 9.17) is 0 Å². The number of ketones is 1. The molecule has 3 aromatic rings. The molecule has 7 nitrogen and oxygen atoms in total. The molecule has 162 valence electrons. The van der Waals surface area contributed by atoms with E-state index in [1.54, 1.807) is 4.68 Å². The first-order chi connectivity index (χ1) is 15.0. The van der Waals surface area contributed by atoms with Crippen LogP contribution in [0.5, 0.6) is 0 Å². The van der Waals surface area contributed by atoms with Crippen molar-refractivity contribution in [1.29, 1.82) is 0 Å². The van der Waals surface area contributed by atoms with Gasteiger partial charge < -0.3 is 5.32 Å². The molecule has 1 aromatic carbocycles. The van der Waals surface area contributed by atoms with Crippen LogP contribution in [-0.4, -0.2) is 69.1 Å². The highest BCUT2D eigenvalue weighted by Gasteiger charge is 2.31. The Bertz CT molecular complexity index is 1080. The van der Waals surface area contributed by atoms with Gasteiger partial charge in [0.15, 0.2) is 5.78 Å². The first kappa shape index (κ1) is 20.2. The number of carbonyl (C=O) groups excluding carboxylic acids is 1. The van der Waals surface area contributed by atoms with Crippen molar-refractivity contribution in [2.24, 2.45) is 13.0 Å². The number of pyridine rings is 1. The summed E-state index contributed by atoms with van der Waals surface area (Å²) in [5.41, 5.74) is 2.60. The average molecular weight is 423 g/mol. The van der Waals surface area contributed by atoms with Crippen LogP contribution in [0.3, 0.4) is 0 Å². The maximum atomic E-state index is 13.0. The highest BCUT2D eigenvalue weighted by Crippen LogP contribution is 2.24. The predicted molar refractivity (Wildman–Crippen MR) is 116 cm³/mol. The summed E-state index contributed by atoms with van der Waals surface area (Å²) in [5, 5.41) is 13.7. The van der Waals surface area contributed by atoms with E-state index in [9.17, 15) is 9.18 Å². The summed E-state index contributed by atoms with van der Waals surface area (Å²) in [4.78, 5) is 19.5. The number of aryl methyl sites for hydroxylation is 1. The molecule has 2 aliphatic heterocycles. The summed E-state index contributed by atoms with van der Waals surface area (Å²) in [6.45, 7) is 2.86. The van der Waals surface area contributed by atoms with Gasteiger partial charge >= 0.3 is 0 Å². The minimum Gasteiger partial charge on any atom is -0.307 e. The number of hydrogen-bond donors (Lipinski definition) is 1. The SMILES string of the molecule is Cn1cc(-c2ccc3cnc(CC(=O)[C@@H]4CC[C@@H](CN5CC(F)C5)CN4)cc3c2)nn1. The van der Waals surface area contributed by atoms with Gasteiger partial charge in [0.1, 0.15) is 11.9 Å². The van der Waals surface area contributed by atoms with E-state index < -0.39 is 6.17 Å². The van der Waals surface area contributed by atoms with Crippen molar-refractivity contribution >= 4 is 16.6 Å². The van der Waals surface area contributed by atoms with Crippen LogP contribution in [0.2, 0.25) is 0 Å². The topological polar surface area (TPSA) is 75.9 Å². The Morgan fingerprint density at radius 2 is 2.10 bits per heavy atom. The molecule has 0 amide bonds. The number of Topliss-reactive ketones (excluding diaryl/α,β-unsaturated/α-hetero) is 1. The summed E-state index contributed by atoms with van der Waals surface area (Å²) in [6, 6.07) is 7.97. The Hall–Kier alpha value is -2.71. The number of hydrogen-bond acceptors (Lipinski definition) is 6. The van der Waals surface area contributed by atoms with Crippen LogP contribution in [0.1, 0.15) is 18.5 Å². The highest BCUT2D eigenvalue weighted by atomic mass is 19.1. The second kappa shape index (κ2) is 8.43. The van der Waals surface area contributed by atoms with Gasteiger partial charge in [0.05, 0.1) is 18.7 Å². The fourth-order valence-electron chi connectivity index (χ4n) is 4.59. The maximum absolute atomic E-state index is 13.0. The van der Waals surface area contributed by atoms with E-state index >= 15 is 0 Å². The number of likely N-dealkylation sites (tertiary alicyclic amines) is 1. The lowest BCUT2D eigenvalue weighted by molar-refractivity contribution is -0.121. The zero-order valence-electron chi connectivity index (χ0n) is 17.7. The largest absolute Gasteiger partial charge is 0.307 e. The molecule has 0 aliphatic carbocycles. The molecule has 2 fully saturated rings. The van der Waals surface area contributed by atoms with Gasteiger partial charge in [0, 0.05) is 49.5 Å². The van der Waals surface area contributed by atoms with E-state index in [1.165, 1.54) is 0 Å². The molecule has 0 radical (unpaired) electrons. The van der Waals surface area contributed by atoms with Gasteiger partial charge in [-0.1, -0.05) is 17.3 Å². The monoisotopic (exact) mass is 422 g/mol. The third kappa shape index (κ3) is 4.50. The van der Waals surface area contributed by atoms with Gasteiger partial charge in [0.2, 0.25) is 0 Å². The minimum absolute atomic E-state index is 0.120. The highest BCUT2D eigenvalue weighted by molar-refractivity contribution is 5.89. The number of benzene rings is 1. The Morgan fingerprint density at radius 3 is 2.81 bits per heavy atom. The fourth-order valence-corrected chi connectivity index (χ4v) is 4.59. The number of alkyl halides is 1. The number of carbonyl (C=O) groups is 1. The summed E-state index contributed by atoms with van der Waals surface area (Å²) in [7, 11) is 1.84. The minimum atomic E-state index is -0.656. The number of rotatable bonds is 6. The number of nitrogens with one attached hydrogen (secondary N) is 1. The molecule has 5 rings (SSSR count). The zero-order chi connectivity index (χ0) is 21.4. The van der Waals surface area contributed by atoms with Crippen LogP contribution in [-0.2, 0) is 18.3 Å². The number of fused-ring (bicyclic) bond motifs is 1. The normalized spacial score (nSPS) is 22.5. The molecule has 0 saturated carbocycles. The van der Waals surface area contributed by atoms with Crippen LogP contribution in [0.15, 0.2) is 36.7 Å². The Kier molecular flexibility index (Phi) is 5.50. The second-order valence-corrected chi connectivity index (χ2v) is 8.88. The van der Waals surface area contributed by atoms with Gasteiger partial charge in [-0.05, 0) is 42.8 Å². The van der Waals surface area contributed by atoms with Crippen molar-refractivity contribution in [3.63, 3.8) is 0 Å². The average Bonchev–Trinajstić information content (AvgIpc) is 3.19. The number of halogens is 1. The summed E-state index contributed by atoms with van der Waals surface area (Å²) in [6.07, 6.45) is 5.21. The molecule has 1 N–H and O–H groups in total. The number of piperidine rings is 1. The van der Waals surface area contributed by atoms with Crippen molar-refractivity contribution in [1.82, 2.24) is 30.2 Å². The molecule has 8 heteroatoms. The quantitative estimate of drug-likeness (QED) is 0.656. The van der Waals surface area contributed by atoms with E-state index in [1.807, 2.05) is 37.6 Å². The molecule has 2 aliphatic rings. The van der Waals surface area contributed by atoms with Crippen LogP contribution in [0.25, 0.3) is 22.0 Å². The lowest BCUT2D eigenvalue weighted by Gasteiger charge is -2.39. The molecule has 0 bridgehead atoms. The predicted octanol–water partition coefficient (Wildman–Crippen LogP) is 2.16. The molecular weight excluding hydrogens is 395 g/mol. The zero-order valence-corrected chi connectivity index (χ0v) is 17.7. The molecule has 0 unspecified atom stereocenters. The van der Waals surface area contributed by atoms with Crippen molar-refractivity contribution in [3.05, 3.63) is 42.4 Å². The van der Waals surface area contributed by atoms with Crippen molar-refractivity contribution in [2.45, 2.75) is 31.5 Å². The van der Waals surface area contributed by atoms with Gasteiger partial charge in [-0.3, -0.25) is 19.4 Å².